The van der Waals surface area contributed by atoms with Crippen LogP contribution in [0.3, 0.4) is 0 Å². The van der Waals surface area contributed by atoms with Gasteiger partial charge in [0.2, 0.25) is 0 Å². The molecule has 1 rings (SSSR count). The largest absolute Gasteiger partial charge is 0.403 e. The third-order valence-electron chi connectivity index (χ3n) is 2.30. The van der Waals surface area contributed by atoms with Crippen LogP contribution < -0.4 is 23.2 Å². The number of hydrazine groups is 2. The quantitative estimate of drug-likeness (QED) is 0.451. The Labute approximate surface area is 121 Å². The van der Waals surface area contributed by atoms with E-state index in [1.165, 1.54) is 22.4 Å². The van der Waals surface area contributed by atoms with E-state index < -0.39 is 0 Å². The van der Waals surface area contributed by atoms with Crippen LogP contribution >= 0.6 is 15.9 Å². The topological polar surface area (TPSA) is 111 Å². The number of nitrogens with zero attached hydrogens (tertiary/aromatic N) is 2. The van der Waals surface area contributed by atoms with Crippen molar-refractivity contribution in [1.82, 2.24) is 10.0 Å². The van der Waals surface area contributed by atoms with Gasteiger partial charge >= 0.3 is 0 Å². The monoisotopic (exact) mass is 326 g/mol. The molecule has 1 aromatic carbocycles. The van der Waals surface area contributed by atoms with Crippen molar-refractivity contribution in [3.63, 3.8) is 0 Å². The molecule has 0 aliphatic rings. The van der Waals surface area contributed by atoms with Crippen LogP contribution in [0.2, 0.25) is 0 Å². The fourth-order valence-electron chi connectivity index (χ4n) is 1.65. The first-order valence-electron chi connectivity index (χ1n) is 5.63. The molecule has 0 saturated carbocycles. The van der Waals surface area contributed by atoms with E-state index in [4.69, 9.17) is 23.2 Å². The highest BCUT2D eigenvalue weighted by atomic mass is 79.9. The van der Waals surface area contributed by atoms with Crippen molar-refractivity contribution >= 4 is 15.9 Å². The zero-order chi connectivity index (χ0) is 14.3. The fourth-order valence-corrected chi connectivity index (χ4v) is 2.24. The van der Waals surface area contributed by atoms with Crippen molar-refractivity contribution in [3.05, 3.63) is 58.6 Å². The standard InChI is InChI=1S/C12H19BrN6/c13-12-6-10(8-18(16)3-1-14)5-11(7-12)9-19(17)4-2-15/h1-7H,8-9,14-17H2/b3-1-,4-2-. The van der Waals surface area contributed by atoms with Crippen LogP contribution in [0.1, 0.15) is 11.1 Å². The molecule has 0 amide bonds. The van der Waals surface area contributed by atoms with Gasteiger partial charge in [-0.05, 0) is 23.3 Å². The van der Waals surface area contributed by atoms with Gasteiger partial charge in [0.1, 0.15) is 0 Å². The lowest BCUT2D eigenvalue weighted by Gasteiger charge is -2.17. The maximum atomic E-state index is 5.75. The van der Waals surface area contributed by atoms with Crippen LogP contribution in [0.5, 0.6) is 0 Å². The molecule has 0 atom stereocenters. The summed E-state index contributed by atoms with van der Waals surface area (Å²) in [5.74, 6) is 11.5. The highest BCUT2D eigenvalue weighted by molar-refractivity contribution is 9.10. The van der Waals surface area contributed by atoms with Crippen LogP contribution in [0.15, 0.2) is 47.5 Å². The maximum Gasteiger partial charge on any atom is 0.0586 e. The van der Waals surface area contributed by atoms with E-state index in [9.17, 15) is 0 Å². The molecule has 104 valence electrons. The first-order chi connectivity index (χ1) is 9.05. The van der Waals surface area contributed by atoms with Crippen molar-refractivity contribution < 1.29 is 0 Å². The summed E-state index contributed by atoms with van der Waals surface area (Å²) in [4.78, 5) is 0. The molecule has 0 aromatic heterocycles. The second-order valence-corrected chi connectivity index (χ2v) is 4.91. The molecule has 0 radical (unpaired) electrons. The molecule has 8 N–H and O–H groups in total. The van der Waals surface area contributed by atoms with Gasteiger partial charge in [-0.15, -0.1) is 0 Å². The normalized spacial score (nSPS) is 11.3. The molecule has 0 spiro atoms. The Hall–Kier alpha value is -1.70. The van der Waals surface area contributed by atoms with E-state index >= 15 is 0 Å². The zero-order valence-electron chi connectivity index (χ0n) is 10.5. The highest BCUT2D eigenvalue weighted by Crippen LogP contribution is 2.17. The fraction of sp³-hybridized carbons (Fsp3) is 0.167. The average Bonchev–Trinajstić information content (AvgIpc) is 2.28. The van der Waals surface area contributed by atoms with Gasteiger partial charge < -0.3 is 21.5 Å². The van der Waals surface area contributed by atoms with Crippen molar-refractivity contribution in [1.29, 1.82) is 0 Å². The smallest absolute Gasteiger partial charge is 0.0586 e. The summed E-state index contributed by atoms with van der Waals surface area (Å²) in [6, 6.07) is 6.01. The van der Waals surface area contributed by atoms with Gasteiger partial charge in [0.25, 0.3) is 0 Å². The van der Waals surface area contributed by atoms with Crippen LogP contribution in [-0.2, 0) is 13.1 Å². The molecular formula is C12H19BrN6. The zero-order valence-corrected chi connectivity index (χ0v) is 12.1. The van der Waals surface area contributed by atoms with Gasteiger partial charge in [-0.2, -0.15) is 0 Å². The second-order valence-electron chi connectivity index (χ2n) is 4.00. The lowest BCUT2D eigenvalue weighted by molar-refractivity contribution is 0.379. The molecule has 0 aliphatic carbocycles. The first-order valence-corrected chi connectivity index (χ1v) is 6.42. The minimum Gasteiger partial charge on any atom is -0.403 e. The average molecular weight is 327 g/mol. The summed E-state index contributed by atoms with van der Waals surface area (Å²) in [6.07, 6.45) is 6.00. The van der Waals surface area contributed by atoms with E-state index in [0.717, 1.165) is 15.6 Å². The summed E-state index contributed by atoms with van der Waals surface area (Å²) in [5, 5.41) is 3.01. The molecule has 0 unspecified atom stereocenters. The Morgan fingerprint density at radius 2 is 1.32 bits per heavy atom. The van der Waals surface area contributed by atoms with E-state index in [-0.39, 0.29) is 0 Å². The number of halogens is 1. The molecule has 0 aliphatic heterocycles. The molecule has 6 nitrogen and oxygen atoms in total. The number of hydrogen-bond donors (Lipinski definition) is 4. The minimum atomic E-state index is 0.553. The second kappa shape index (κ2) is 7.67. The molecule has 0 bridgehead atoms. The molecule has 7 heteroatoms. The Morgan fingerprint density at radius 3 is 1.68 bits per heavy atom. The van der Waals surface area contributed by atoms with Gasteiger partial charge in [-0.3, -0.25) is 0 Å². The highest BCUT2D eigenvalue weighted by Gasteiger charge is 2.03. The van der Waals surface area contributed by atoms with Crippen molar-refractivity contribution in [2.45, 2.75) is 13.1 Å². The summed E-state index contributed by atoms with van der Waals surface area (Å²) in [6.45, 7) is 1.11. The number of rotatable bonds is 6. The van der Waals surface area contributed by atoms with E-state index in [1.807, 2.05) is 18.2 Å². The van der Waals surface area contributed by atoms with Crippen molar-refractivity contribution in [2.75, 3.05) is 0 Å². The number of hydrogen-bond acceptors (Lipinski definition) is 6. The summed E-state index contributed by atoms with van der Waals surface area (Å²) >= 11 is 3.47. The summed E-state index contributed by atoms with van der Waals surface area (Å²) < 4.78 is 0.968. The Bertz CT molecular complexity index is 421. The van der Waals surface area contributed by atoms with Crippen LogP contribution in [-0.4, -0.2) is 10.0 Å². The first kappa shape index (κ1) is 15.4. The summed E-state index contributed by atoms with van der Waals surface area (Å²) in [5.41, 5.74) is 12.7. The van der Waals surface area contributed by atoms with Gasteiger partial charge in [0.05, 0.1) is 13.1 Å². The van der Waals surface area contributed by atoms with Crippen LogP contribution in [0, 0.1) is 0 Å². The SMILES string of the molecule is N/C=C\N(N)Cc1cc(Br)cc(CN(N)/C=C\N)c1. The molecular weight excluding hydrogens is 308 g/mol. The molecule has 0 fully saturated rings. The third kappa shape index (κ3) is 5.64. The van der Waals surface area contributed by atoms with Crippen molar-refractivity contribution in [2.24, 2.45) is 23.2 Å². The van der Waals surface area contributed by atoms with E-state index in [1.54, 1.807) is 12.4 Å². The van der Waals surface area contributed by atoms with Gasteiger partial charge in [0, 0.05) is 29.3 Å². The number of benzene rings is 1. The predicted molar refractivity (Wildman–Crippen MR) is 80.3 cm³/mol. The van der Waals surface area contributed by atoms with E-state index in [0.29, 0.717) is 13.1 Å². The lowest BCUT2D eigenvalue weighted by atomic mass is 10.1. The Kier molecular flexibility index (Phi) is 6.20. The third-order valence-corrected chi connectivity index (χ3v) is 2.76. The minimum absolute atomic E-state index is 0.553. The lowest BCUT2D eigenvalue weighted by Crippen LogP contribution is -2.26. The predicted octanol–water partition coefficient (Wildman–Crippen LogP) is 0.660. The number of nitrogens with two attached hydrogens (primary N) is 4. The molecule has 0 saturated heterocycles. The van der Waals surface area contributed by atoms with Gasteiger partial charge in [0.15, 0.2) is 0 Å². The van der Waals surface area contributed by atoms with E-state index in [2.05, 4.69) is 15.9 Å². The van der Waals surface area contributed by atoms with Crippen LogP contribution in [0.25, 0.3) is 0 Å². The summed E-state index contributed by atoms with van der Waals surface area (Å²) in [7, 11) is 0. The molecule has 1 aromatic rings. The molecule has 0 heterocycles. The van der Waals surface area contributed by atoms with Gasteiger partial charge in [-0.25, -0.2) is 11.7 Å². The Balaban J connectivity index is 2.81. The van der Waals surface area contributed by atoms with Crippen LogP contribution in [0.4, 0.5) is 0 Å². The molecule has 19 heavy (non-hydrogen) atoms. The maximum absolute atomic E-state index is 5.75. The Morgan fingerprint density at radius 1 is 0.895 bits per heavy atom. The van der Waals surface area contributed by atoms with Gasteiger partial charge in [-0.1, -0.05) is 22.0 Å². The van der Waals surface area contributed by atoms with Crippen molar-refractivity contribution in [3.8, 4) is 0 Å².